The molecular formula is C16H29N3O3. The second-order valence-electron chi connectivity index (χ2n) is 6.44. The van der Waals surface area contributed by atoms with Gasteiger partial charge in [0.2, 0.25) is 11.8 Å². The van der Waals surface area contributed by atoms with Crippen molar-refractivity contribution in [2.45, 2.75) is 51.5 Å². The van der Waals surface area contributed by atoms with E-state index in [1.165, 1.54) is 0 Å². The van der Waals surface area contributed by atoms with E-state index in [0.29, 0.717) is 13.2 Å². The molecule has 1 atom stereocenters. The zero-order valence-corrected chi connectivity index (χ0v) is 13.6. The SMILES string of the molecule is C[C@@H]1NC(=O)C2(CCCCOCCCNC1=O)CCNCC2. The average Bonchev–Trinajstić information content (AvgIpc) is 2.53. The molecule has 0 unspecified atom stereocenters. The third kappa shape index (κ3) is 4.68. The molecule has 1 spiro atoms. The molecule has 126 valence electrons. The van der Waals surface area contributed by atoms with Crippen molar-refractivity contribution in [3.63, 3.8) is 0 Å². The topological polar surface area (TPSA) is 79.5 Å². The van der Waals surface area contributed by atoms with E-state index in [1.807, 2.05) is 0 Å². The Morgan fingerprint density at radius 2 is 1.73 bits per heavy atom. The van der Waals surface area contributed by atoms with Gasteiger partial charge in [0, 0.05) is 19.8 Å². The van der Waals surface area contributed by atoms with Crippen molar-refractivity contribution in [1.29, 1.82) is 0 Å². The highest BCUT2D eigenvalue weighted by Gasteiger charge is 2.39. The van der Waals surface area contributed by atoms with Gasteiger partial charge < -0.3 is 20.7 Å². The normalized spacial score (nSPS) is 28.5. The van der Waals surface area contributed by atoms with Crippen LogP contribution in [0, 0.1) is 5.41 Å². The Bertz CT molecular complexity index is 381. The lowest BCUT2D eigenvalue weighted by molar-refractivity contribution is -0.137. The van der Waals surface area contributed by atoms with Gasteiger partial charge in [-0.2, -0.15) is 0 Å². The summed E-state index contributed by atoms with van der Waals surface area (Å²) in [7, 11) is 0. The van der Waals surface area contributed by atoms with E-state index in [4.69, 9.17) is 4.74 Å². The largest absolute Gasteiger partial charge is 0.381 e. The summed E-state index contributed by atoms with van der Waals surface area (Å²) < 4.78 is 5.58. The first-order valence-electron chi connectivity index (χ1n) is 8.51. The summed E-state index contributed by atoms with van der Waals surface area (Å²) in [6.07, 6.45) is 5.35. The Balaban J connectivity index is 2.04. The van der Waals surface area contributed by atoms with Crippen LogP contribution in [0.3, 0.4) is 0 Å². The third-order valence-electron chi connectivity index (χ3n) is 4.74. The predicted molar refractivity (Wildman–Crippen MR) is 84.4 cm³/mol. The van der Waals surface area contributed by atoms with Crippen LogP contribution in [0.1, 0.15) is 45.4 Å². The lowest BCUT2D eigenvalue weighted by Gasteiger charge is -2.37. The Labute approximate surface area is 132 Å². The zero-order valence-electron chi connectivity index (χ0n) is 13.6. The second kappa shape index (κ2) is 8.48. The first kappa shape index (κ1) is 17.2. The molecule has 2 saturated heterocycles. The molecule has 2 amide bonds. The molecule has 6 nitrogen and oxygen atoms in total. The minimum atomic E-state index is -0.483. The maximum absolute atomic E-state index is 12.8. The molecule has 0 bridgehead atoms. The molecule has 2 rings (SSSR count). The van der Waals surface area contributed by atoms with E-state index in [-0.39, 0.29) is 17.2 Å². The van der Waals surface area contributed by atoms with Gasteiger partial charge in [-0.05, 0) is 52.1 Å². The van der Waals surface area contributed by atoms with Crippen LogP contribution in [-0.4, -0.2) is 50.7 Å². The van der Waals surface area contributed by atoms with E-state index in [0.717, 1.165) is 58.2 Å². The molecule has 3 N–H and O–H groups in total. The molecule has 2 aliphatic heterocycles. The summed E-state index contributed by atoms with van der Waals surface area (Å²) in [5, 5.41) is 9.10. The van der Waals surface area contributed by atoms with Crippen molar-refractivity contribution in [3.05, 3.63) is 0 Å². The maximum Gasteiger partial charge on any atom is 0.242 e. The van der Waals surface area contributed by atoms with Crippen molar-refractivity contribution in [2.75, 3.05) is 32.8 Å². The summed E-state index contributed by atoms with van der Waals surface area (Å²) in [5.74, 6) is -0.0795. The molecule has 0 aliphatic carbocycles. The van der Waals surface area contributed by atoms with E-state index in [1.54, 1.807) is 6.92 Å². The van der Waals surface area contributed by atoms with E-state index in [9.17, 15) is 9.59 Å². The quantitative estimate of drug-likeness (QED) is 0.611. The highest BCUT2D eigenvalue weighted by Crippen LogP contribution is 2.35. The minimum absolute atomic E-state index is 0.0367. The van der Waals surface area contributed by atoms with Crippen LogP contribution >= 0.6 is 0 Å². The van der Waals surface area contributed by atoms with Crippen LogP contribution < -0.4 is 16.0 Å². The molecule has 0 saturated carbocycles. The Hall–Kier alpha value is -1.14. The van der Waals surface area contributed by atoms with E-state index >= 15 is 0 Å². The zero-order chi connectivity index (χ0) is 15.8. The van der Waals surface area contributed by atoms with Gasteiger partial charge in [-0.1, -0.05) is 6.42 Å². The fourth-order valence-electron chi connectivity index (χ4n) is 3.22. The van der Waals surface area contributed by atoms with Crippen LogP contribution in [0.25, 0.3) is 0 Å². The summed E-state index contributed by atoms with van der Waals surface area (Å²) in [4.78, 5) is 24.8. The van der Waals surface area contributed by atoms with Crippen LogP contribution in [0.15, 0.2) is 0 Å². The van der Waals surface area contributed by atoms with Gasteiger partial charge in [-0.3, -0.25) is 9.59 Å². The Morgan fingerprint density at radius 3 is 2.50 bits per heavy atom. The highest BCUT2D eigenvalue weighted by molar-refractivity contribution is 5.89. The van der Waals surface area contributed by atoms with Gasteiger partial charge in [-0.15, -0.1) is 0 Å². The number of rotatable bonds is 0. The van der Waals surface area contributed by atoms with Crippen LogP contribution in [-0.2, 0) is 14.3 Å². The number of carbonyl (C=O) groups is 2. The monoisotopic (exact) mass is 311 g/mol. The summed E-state index contributed by atoms with van der Waals surface area (Å²) in [6, 6.07) is -0.483. The van der Waals surface area contributed by atoms with Gasteiger partial charge in [0.1, 0.15) is 6.04 Å². The number of ether oxygens (including phenoxy) is 1. The van der Waals surface area contributed by atoms with Crippen LogP contribution in [0.4, 0.5) is 0 Å². The summed E-state index contributed by atoms with van der Waals surface area (Å²) >= 11 is 0. The smallest absolute Gasteiger partial charge is 0.242 e. The van der Waals surface area contributed by atoms with Gasteiger partial charge in [-0.25, -0.2) is 0 Å². The van der Waals surface area contributed by atoms with Gasteiger partial charge in [0.15, 0.2) is 0 Å². The summed E-state index contributed by atoms with van der Waals surface area (Å²) in [5.41, 5.74) is -0.329. The van der Waals surface area contributed by atoms with Crippen LogP contribution in [0.2, 0.25) is 0 Å². The second-order valence-corrected chi connectivity index (χ2v) is 6.44. The van der Waals surface area contributed by atoms with Gasteiger partial charge in [0.25, 0.3) is 0 Å². The lowest BCUT2D eigenvalue weighted by atomic mass is 9.74. The average molecular weight is 311 g/mol. The number of carbonyl (C=O) groups excluding carboxylic acids is 2. The van der Waals surface area contributed by atoms with Crippen molar-refractivity contribution < 1.29 is 14.3 Å². The minimum Gasteiger partial charge on any atom is -0.381 e. The van der Waals surface area contributed by atoms with Gasteiger partial charge in [0.05, 0.1) is 5.41 Å². The van der Waals surface area contributed by atoms with Crippen molar-refractivity contribution in [1.82, 2.24) is 16.0 Å². The number of piperidine rings is 1. The number of hydrogen-bond donors (Lipinski definition) is 3. The number of nitrogens with one attached hydrogen (secondary N) is 3. The molecule has 6 heteroatoms. The molecule has 22 heavy (non-hydrogen) atoms. The lowest BCUT2D eigenvalue weighted by Crippen LogP contribution is -2.53. The van der Waals surface area contributed by atoms with Crippen molar-refractivity contribution in [3.8, 4) is 0 Å². The van der Waals surface area contributed by atoms with E-state index in [2.05, 4.69) is 16.0 Å². The Morgan fingerprint density at radius 1 is 1.00 bits per heavy atom. The van der Waals surface area contributed by atoms with Crippen molar-refractivity contribution in [2.24, 2.45) is 5.41 Å². The highest BCUT2D eigenvalue weighted by atomic mass is 16.5. The molecule has 2 aliphatic rings. The maximum atomic E-state index is 12.8. The first-order valence-corrected chi connectivity index (χ1v) is 8.51. The third-order valence-corrected chi connectivity index (χ3v) is 4.74. The van der Waals surface area contributed by atoms with Crippen LogP contribution in [0.5, 0.6) is 0 Å². The molecule has 0 aromatic rings. The molecule has 0 aromatic heterocycles. The Kier molecular flexibility index (Phi) is 6.64. The van der Waals surface area contributed by atoms with Gasteiger partial charge >= 0.3 is 0 Å². The number of amides is 2. The summed E-state index contributed by atoms with van der Waals surface area (Å²) in [6.45, 7) is 5.49. The fourth-order valence-corrected chi connectivity index (χ4v) is 3.22. The number of hydrogen-bond acceptors (Lipinski definition) is 4. The fraction of sp³-hybridized carbons (Fsp3) is 0.875. The molecular weight excluding hydrogens is 282 g/mol. The predicted octanol–water partition coefficient (Wildman–Crippen LogP) is 0.568. The molecule has 0 radical (unpaired) electrons. The van der Waals surface area contributed by atoms with E-state index < -0.39 is 6.04 Å². The molecule has 2 heterocycles. The standard InChI is InChI=1S/C16H29N3O3/c1-13-14(20)18-8-4-12-22-11-3-2-5-16(15(21)19-13)6-9-17-10-7-16/h13,17H,2-12H2,1H3,(H,18,20)(H,19,21)/t13-/m0/s1. The van der Waals surface area contributed by atoms with Crippen molar-refractivity contribution >= 4 is 11.8 Å². The molecule has 2 fully saturated rings. The first-order chi connectivity index (χ1) is 10.6. The molecule has 0 aromatic carbocycles.